The highest BCUT2D eigenvalue weighted by molar-refractivity contribution is 9.10. The number of Topliss-reactive ketones (excluding diaryl/α,β-unsaturated/α-hetero) is 1. The molecule has 4 heterocycles. The van der Waals surface area contributed by atoms with Crippen molar-refractivity contribution in [2.45, 2.75) is 66.1 Å². The van der Waals surface area contributed by atoms with E-state index in [1.165, 1.54) is 6.92 Å². The van der Waals surface area contributed by atoms with Crippen LogP contribution in [0.25, 0.3) is 22.0 Å². The second-order valence-electron chi connectivity index (χ2n) is 11.5. The number of carbonyl (C=O) groups excluding carboxylic acids is 3. The molecule has 41 heavy (non-hydrogen) atoms. The molecule has 2 fully saturated rings. The van der Waals surface area contributed by atoms with Crippen molar-refractivity contribution in [3.63, 3.8) is 0 Å². The van der Waals surface area contributed by atoms with Crippen molar-refractivity contribution in [3.05, 3.63) is 63.9 Å². The number of aryl methyl sites for hydroxylation is 3. The van der Waals surface area contributed by atoms with Crippen LogP contribution >= 0.6 is 15.9 Å². The van der Waals surface area contributed by atoms with Gasteiger partial charge in [-0.2, -0.15) is 5.10 Å². The normalized spacial score (nSPS) is 21.2. The maximum atomic E-state index is 13.9. The molecule has 1 aromatic carbocycles. The zero-order chi connectivity index (χ0) is 29.2. The van der Waals surface area contributed by atoms with Crippen LogP contribution in [-0.4, -0.2) is 59.3 Å². The van der Waals surface area contributed by atoms with Crippen LogP contribution in [0.1, 0.15) is 54.1 Å². The summed E-state index contributed by atoms with van der Waals surface area (Å²) >= 11 is 3.37. The second kappa shape index (κ2) is 9.83. The quantitative estimate of drug-likeness (QED) is 0.244. The van der Waals surface area contributed by atoms with Gasteiger partial charge in [0, 0.05) is 36.3 Å². The van der Waals surface area contributed by atoms with Crippen molar-refractivity contribution >= 4 is 50.2 Å². The molecule has 11 heteroatoms. The van der Waals surface area contributed by atoms with E-state index in [1.54, 1.807) is 28.0 Å². The number of nitrogens with zero attached hydrogens (tertiary/aromatic N) is 6. The molecule has 10 nitrogen and oxygen atoms in total. The van der Waals surface area contributed by atoms with Crippen molar-refractivity contribution < 1.29 is 14.4 Å². The SMILES string of the molecule is CC(=O)c1nn(CC(=O)N2C3C[C@]3(C)C[C@H]2C(=O)Nc2cc(C)cc(Br)n2)c2c(C)cc(-c3cnc(C)nc3)cc12. The number of hydrogen-bond acceptors (Lipinski definition) is 7. The first-order chi connectivity index (χ1) is 19.4. The monoisotopic (exact) mass is 615 g/mol. The molecule has 3 atom stereocenters. The summed E-state index contributed by atoms with van der Waals surface area (Å²) in [6, 6.07) is 6.92. The van der Waals surface area contributed by atoms with Gasteiger partial charge in [-0.15, -0.1) is 0 Å². The largest absolute Gasteiger partial charge is 0.325 e. The summed E-state index contributed by atoms with van der Waals surface area (Å²) < 4.78 is 2.23. The molecule has 1 aliphatic carbocycles. The number of piperidine rings is 1. The first kappa shape index (κ1) is 27.2. The minimum atomic E-state index is -0.615. The predicted octanol–water partition coefficient (Wildman–Crippen LogP) is 4.80. The molecule has 2 amide bonds. The number of aromatic nitrogens is 5. The standard InChI is InChI=1S/C30H30BrN7O3/c1-15-6-24(31)34-25(7-15)35-29(41)22-10-30(5)11-23(30)38(22)26(40)14-37-28-16(2)8-19(20-12-32-18(4)33-13-20)9-21(28)27(36-37)17(3)39/h6-9,12-13,22-23H,10-11,14H2,1-5H3,(H,34,35,41)/t22-,23?,30-/m0/s1. The fraction of sp³-hybridized carbons (Fsp3) is 0.367. The topological polar surface area (TPSA) is 123 Å². The van der Waals surface area contributed by atoms with Gasteiger partial charge in [-0.25, -0.2) is 15.0 Å². The maximum absolute atomic E-state index is 13.9. The molecule has 2 aliphatic rings. The molecule has 1 saturated heterocycles. The summed E-state index contributed by atoms with van der Waals surface area (Å²) in [4.78, 5) is 54.6. The third-order valence-corrected chi connectivity index (χ3v) is 8.59. The van der Waals surface area contributed by atoms with E-state index >= 15 is 0 Å². The lowest BCUT2D eigenvalue weighted by Gasteiger charge is -2.27. The average molecular weight is 617 g/mol. The minimum Gasteiger partial charge on any atom is -0.325 e. The number of fused-ring (bicyclic) bond motifs is 2. The Bertz CT molecular complexity index is 1730. The molecule has 3 aromatic heterocycles. The fourth-order valence-corrected chi connectivity index (χ4v) is 6.63. The summed E-state index contributed by atoms with van der Waals surface area (Å²) in [6.45, 7) is 9.19. The highest BCUT2D eigenvalue weighted by Gasteiger charge is 2.64. The number of likely N-dealkylation sites (tertiary alicyclic amines) is 1. The Labute approximate surface area is 245 Å². The van der Waals surface area contributed by atoms with Crippen LogP contribution in [0.2, 0.25) is 0 Å². The third kappa shape index (κ3) is 4.92. The molecule has 1 saturated carbocycles. The van der Waals surface area contributed by atoms with Crippen molar-refractivity contribution in [2.75, 3.05) is 5.32 Å². The average Bonchev–Trinajstić information content (AvgIpc) is 3.25. The van der Waals surface area contributed by atoms with E-state index in [4.69, 9.17) is 0 Å². The Morgan fingerprint density at radius 3 is 2.46 bits per heavy atom. The molecular formula is C30H30BrN7O3. The van der Waals surface area contributed by atoms with Crippen molar-refractivity contribution in [3.8, 4) is 11.1 Å². The number of rotatable bonds is 6. The van der Waals surface area contributed by atoms with Crippen molar-refractivity contribution in [1.82, 2.24) is 29.6 Å². The number of pyridine rings is 1. The van der Waals surface area contributed by atoms with Crippen LogP contribution in [0.15, 0.2) is 41.3 Å². The number of ketones is 1. The van der Waals surface area contributed by atoms with Gasteiger partial charge in [0.2, 0.25) is 11.8 Å². The Morgan fingerprint density at radius 1 is 1.05 bits per heavy atom. The molecule has 1 N–H and O–H groups in total. The van der Waals surface area contributed by atoms with Gasteiger partial charge in [-0.1, -0.05) is 6.92 Å². The minimum absolute atomic E-state index is 0.00806. The molecule has 210 valence electrons. The Morgan fingerprint density at radius 2 is 1.78 bits per heavy atom. The molecule has 4 aromatic rings. The highest BCUT2D eigenvalue weighted by atomic mass is 79.9. The first-order valence-electron chi connectivity index (χ1n) is 13.5. The van der Waals surface area contributed by atoms with Gasteiger partial charge in [0.05, 0.1) is 5.52 Å². The van der Waals surface area contributed by atoms with Crippen LogP contribution in [0.5, 0.6) is 0 Å². The summed E-state index contributed by atoms with van der Waals surface area (Å²) in [6.07, 6.45) is 4.94. The smallest absolute Gasteiger partial charge is 0.248 e. The number of benzene rings is 1. The van der Waals surface area contributed by atoms with E-state index in [0.29, 0.717) is 39.3 Å². The second-order valence-corrected chi connectivity index (χ2v) is 12.3. The van der Waals surface area contributed by atoms with Crippen molar-refractivity contribution in [1.29, 1.82) is 0 Å². The number of hydrogen-bond donors (Lipinski definition) is 1. The lowest BCUT2D eigenvalue weighted by Crippen LogP contribution is -2.46. The third-order valence-electron chi connectivity index (χ3n) is 8.18. The van der Waals surface area contributed by atoms with Crippen LogP contribution in [0, 0.1) is 26.2 Å². The number of halogens is 1. The van der Waals surface area contributed by atoms with Gasteiger partial charge < -0.3 is 10.2 Å². The van der Waals surface area contributed by atoms with Gasteiger partial charge in [0.25, 0.3) is 0 Å². The van der Waals surface area contributed by atoms with Gasteiger partial charge in [0.15, 0.2) is 5.78 Å². The molecule has 0 bridgehead atoms. The number of anilines is 1. The number of amides is 2. The van der Waals surface area contributed by atoms with Crippen LogP contribution in [-0.2, 0) is 16.1 Å². The van der Waals surface area contributed by atoms with Crippen LogP contribution in [0.3, 0.4) is 0 Å². The Balaban J connectivity index is 1.31. The molecule has 1 aliphatic heterocycles. The summed E-state index contributed by atoms with van der Waals surface area (Å²) in [5.41, 5.74) is 4.45. The van der Waals surface area contributed by atoms with Crippen LogP contribution in [0.4, 0.5) is 5.82 Å². The number of nitrogens with one attached hydrogen (secondary N) is 1. The van der Waals surface area contributed by atoms with Gasteiger partial charge >= 0.3 is 0 Å². The summed E-state index contributed by atoms with van der Waals surface area (Å²) in [5, 5.41) is 8.17. The molecule has 0 radical (unpaired) electrons. The van der Waals surface area contributed by atoms with Gasteiger partial charge in [-0.3, -0.25) is 19.1 Å². The van der Waals surface area contributed by atoms with Gasteiger partial charge in [0.1, 0.15) is 34.5 Å². The van der Waals surface area contributed by atoms with E-state index in [-0.39, 0.29) is 35.6 Å². The van der Waals surface area contributed by atoms with E-state index in [1.807, 2.05) is 39.0 Å². The highest BCUT2D eigenvalue weighted by Crippen LogP contribution is 2.59. The fourth-order valence-electron chi connectivity index (χ4n) is 6.08. The van der Waals surface area contributed by atoms with E-state index in [2.05, 4.69) is 48.2 Å². The molecule has 1 unspecified atom stereocenters. The number of carbonyl (C=O) groups is 3. The lowest BCUT2D eigenvalue weighted by molar-refractivity contribution is -0.138. The van der Waals surface area contributed by atoms with E-state index in [9.17, 15) is 14.4 Å². The van der Waals surface area contributed by atoms with E-state index < -0.39 is 6.04 Å². The summed E-state index contributed by atoms with van der Waals surface area (Å²) in [7, 11) is 0. The van der Waals surface area contributed by atoms with Crippen molar-refractivity contribution in [2.24, 2.45) is 5.41 Å². The zero-order valence-corrected chi connectivity index (χ0v) is 25.1. The Kier molecular flexibility index (Phi) is 6.52. The summed E-state index contributed by atoms with van der Waals surface area (Å²) in [5.74, 6) is 0.459. The predicted molar refractivity (Wildman–Crippen MR) is 157 cm³/mol. The first-order valence-corrected chi connectivity index (χ1v) is 14.3. The van der Waals surface area contributed by atoms with E-state index in [0.717, 1.165) is 28.7 Å². The lowest BCUT2D eigenvalue weighted by atomic mass is 10.0. The van der Waals surface area contributed by atoms with Crippen LogP contribution < -0.4 is 5.32 Å². The molecule has 6 rings (SSSR count). The molecular weight excluding hydrogens is 586 g/mol. The zero-order valence-electron chi connectivity index (χ0n) is 23.5. The molecule has 0 spiro atoms. The van der Waals surface area contributed by atoms with Gasteiger partial charge in [-0.05, 0) is 95.9 Å². The maximum Gasteiger partial charge on any atom is 0.248 e. The Hall–Kier alpha value is -3.99.